The zero-order valence-electron chi connectivity index (χ0n) is 24.4. The highest BCUT2D eigenvalue weighted by atomic mass is 35.5. The third-order valence-electron chi connectivity index (χ3n) is 6.42. The van der Waals surface area contributed by atoms with E-state index in [2.05, 4.69) is 15.3 Å². The van der Waals surface area contributed by atoms with E-state index in [1.54, 1.807) is 24.4 Å². The lowest BCUT2D eigenvalue weighted by atomic mass is 10.0. The molecule has 0 bridgehead atoms. The van der Waals surface area contributed by atoms with Gasteiger partial charge in [0.05, 0.1) is 11.1 Å². The first-order valence-electron chi connectivity index (χ1n) is 13.8. The molecule has 236 valence electrons. The van der Waals surface area contributed by atoms with E-state index in [1.807, 2.05) is 97.1 Å². The van der Waals surface area contributed by atoms with Gasteiger partial charge in [0.15, 0.2) is 0 Å². The molecule has 2 heterocycles. The van der Waals surface area contributed by atoms with Crippen molar-refractivity contribution in [1.82, 2.24) is 9.97 Å². The molecule has 0 saturated heterocycles. The van der Waals surface area contributed by atoms with E-state index < -0.39 is 5.24 Å². The van der Waals surface area contributed by atoms with E-state index in [1.165, 1.54) is 12.3 Å². The Balaban J connectivity index is 0.000000177. The van der Waals surface area contributed by atoms with Crippen LogP contribution in [0.3, 0.4) is 0 Å². The maximum Gasteiger partial charge on any atom is 0.258 e. The van der Waals surface area contributed by atoms with Gasteiger partial charge in [-0.1, -0.05) is 107 Å². The molecular formula is C36H25Cl5N4O2. The van der Waals surface area contributed by atoms with Crippen LogP contribution < -0.4 is 11.1 Å². The van der Waals surface area contributed by atoms with E-state index in [0.29, 0.717) is 16.3 Å². The minimum Gasteiger partial charge on any atom is -0.398 e. The van der Waals surface area contributed by atoms with E-state index >= 15 is 0 Å². The molecule has 6 rings (SSSR count). The molecule has 3 N–H and O–H groups in total. The summed E-state index contributed by atoms with van der Waals surface area (Å²) in [5, 5.41) is 4.02. The molecule has 0 spiro atoms. The fraction of sp³-hybridized carbons (Fsp3) is 0. The van der Waals surface area contributed by atoms with Crippen LogP contribution in [-0.4, -0.2) is 21.1 Å². The first kappa shape index (κ1) is 35.4. The van der Waals surface area contributed by atoms with Crippen LogP contribution in [0.25, 0.3) is 22.3 Å². The Labute approximate surface area is 297 Å². The highest BCUT2D eigenvalue weighted by Crippen LogP contribution is 2.30. The second kappa shape index (κ2) is 17.5. The summed E-state index contributed by atoms with van der Waals surface area (Å²) in [6, 6.07) is 36.9. The fourth-order valence-electron chi connectivity index (χ4n) is 4.14. The van der Waals surface area contributed by atoms with Crippen molar-refractivity contribution in [3.63, 3.8) is 0 Å². The molecule has 0 unspecified atom stereocenters. The molecule has 6 nitrogen and oxygen atoms in total. The van der Waals surface area contributed by atoms with Crippen LogP contribution in [0.1, 0.15) is 20.7 Å². The Kier molecular flexibility index (Phi) is 13.2. The monoisotopic (exact) mass is 720 g/mol. The summed E-state index contributed by atoms with van der Waals surface area (Å²) in [5.41, 5.74) is 11.9. The lowest BCUT2D eigenvalue weighted by Gasteiger charge is -2.12. The van der Waals surface area contributed by atoms with Gasteiger partial charge in [-0.05, 0) is 83.4 Å². The molecule has 0 aliphatic heterocycles. The number of carbonyl (C=O) groups is 2. The van der Waals surface area contributed by atoms with Gasteiger partial charge in [-0.15, -0.1) is 0 Å². The molecule has 2 aromatic heterocycles. The summed E-state index contributed by atoms with van der Waals surface area (Å²) in [6.45, 7) is 0. The summed E-state index contributed by atoms with van der Waals surface area (Å²) in [7, 11) is 0. The number of amides is 1. The minimum absolute atomic E-state index is 0.141. The van der Waals surface area contributed by atoms with E-state index in [9.17, 15) is 9.59 Å². The Hall–Kier alpha value is -4.43. The van der Waals surface area contributed by atoms with E-state index in [-0.39, 0.29) is 21.8 Å². The highest BCUT2D eigenvalue weighted by Gasteiger charge is 2.13. The second-order valence-corrected chi connectivity index (χ2v) is 11.5. The van der Waals surface area contributed by atoms with E-state index in [0.717, 1.165) is 33.0 Å². The minimum atomic E-state index is -0.585. The third kappa shape index (κ3) is 10.3. The number of rotatable bonds is 5. The SMILES string of the molecule is Nc1ccccc1-c1ccc(Cl)cc1.O=C(Cl)c1cccnc1Cl.O=C(Nc1ccccc1-c1ccc(Cl)cc1)c1cccnc1Cl. The number of para-hydroxylation sites is 2. The summed E-state index contributed by atoms with van der Waals surface area (Å²) in [4.78, 5) is 30.5. The predicted octanol–water partition coefficient (Wildman–Crippen LogP) is 11.0. The number of nitrogens with one attached hydrogen (secondary N) is 1. The molecule has 0 radical (unpaired) electrons. The number of anilines is 2. The zero-order chi connectivity index (χ0) is 33.8. The molecule has 11 heteroatoms. The largest absolute Gasteiger partial charge is 0.398 e. The van der Waals surface area contributed by atoms with Crippen LogP contribution >= 0.6 is 58.0 Å². The number of nitrogens with two attached hydrogens (primary N) is 1. The van der Waals surface area contributed by atoms with Gasteiger partial charge in [0.2, 0.25) is 0 Å². The van der Waals surface area contributed by atoms with Crippen molar-refractivity contribution in [3.8, 4) is 22.3 Å². The fourth-order valence-corrected chi connectivity index (χ4v) is 5.00. The number of pyridine rings is 2. The normalized spacial score (nSPS) is 10.1. The van der Waals surface area contributed by atoms with Crippen molar-refractivity contribution in [2.24, 2.45) is 0 Å². The molecule has 0 saturated carbocycles. The Morgan fingerprint density at radius 1 is 0.553 bits per heavy atom. The van der Waals surface area contributed by atoms with Gasteiger partial charge in [-0.25, -0.2) is 9.97 Å². The van der Waals surface area contributed by atoms with Crippen LogP contribution in [0.4, 0.5) is 11.4 Å². The molecule has 0 atom stereocenters. The zero-order valence-corrected chi connectivity index (χ0v) is 28.2. The number of nitrogen functional groups attached to an aromatic ring is 1. The van der Waals surface area contributed by atoms with Crippen molar-refractivity contribution in [2.75, 3.05) is 11.1 Å². The molecule has 6 aromatic rings. The number of hydrogen-bond donors (Lipinski definition) is 2. The predicted molar refractivity (Wildman–Crippen MR) is 195 cm³/mol. The topological polar surface area (TPSA) is 98.0 Å². The Morgan fingerprint density at radius 2 is 1.02 bits per heavy atom. The third-order valence-corrected chi connectivity index (χ3v) is 7.73. The molecule has 4 aromatic carbocycles. The first-order valence-corrected chi connectivity index (χ1v) is 15.7. The summed E-state index contributed by atoms with van der Waals surface area (Å²) in [6.07, 6.45) is 3.03. The molecule has 0 aliphatic carbocycles. The lowest BCUT2D eigenvalue weighted by molar-refractivity contribution is 0.102. The molecular weight excluding hydrogens is 698 g/mol. The van der Waals surface area contributed by atoms with Crippen molar-refractivity contribution >= 4 is 80.5 Å². The summed E-state index contributed by atoms with van der Waals surface area (Å²) in [5.74, 6) is -0.301. The average molecular weight is 723 g/mol. The number of hydrogen-bond acceptors (Lipinski definition) is 5. The van der Waals surface area contributed by atoms with Crippen LogP contribution in [-0.2, 0) is 0 Å². The number of nitrogens with zero attached hydrogens (tertiary/aromatic N) is 2. The van der Waals surface area contributed by atoms with Gasteiger partial charge in [0.1, 0.15) is 10.3 Å². The number of carbonyl (C=O) groups excluding carboxylic acids is 2. The highest BCUT2D eigenvalue weighted by molar-refractivity contribution is 6.68. The Morgan fingerprint density at radius 3 is 1.51 bits per heavy atom. The van der Waals surface area contributed by atoms with E-state index in [4.69, 9.17) is 63.7 Å². The summed E-state index contributed by atoms with van der Waals surface area (Å²) < 4.78 is 0. The molecule has 0 fully saturated rings. The standard InChI is InChI=1S/C18H12Cl2N2O.C12H10ClN.C6H3Cl2NO/c19-13-9-7-12(8-10-13)14-4-1-2-6-16(14)22-18(23)15-5-3-11-21-17(15)20;13-10-7-5-9(6-8-10)11-3-1-2-4-12(11)14;7-5-4(6(8)10)2-1-3-9-5/h1-11H,(H,22,23);1-8H,14H2;1-3H. The van der Waals surface area contributed by atoms with Crippen molar-refractivity contribution < 1.29 is 9.59 Å². The molecule has 1 amide bonds. The first-order chi connectivity index (χ1) is 22.6. The maximum atomic E-state index is 12.4. The van der Waals surface area contributed by atoms with Gasteiger partial charge >= 0.3 is 0 Å². The maximum absolute atomic E-state index is 12.4. The number of benzene rings is 4. The van der Waals surface area contributed by atoms with Gasteiger partial charge in [0.25, 0.3) is 11.1 Å². The number of halogens is 5. The summed E-state index contributed by atoms with van der Waals surface area (Å²) >= 11 is 28.4. The second-order valence-electron chi connectivity index (χ2n) is 9.56. The average Bonchev–Trinajstić information content (AvgIpc) is 3.07. The van der Waals surface area contributed by atoms with Gasteiger partial charge in [-0.3, -0.25) is 9.59 Å². The van der Waals surface area contributed by atoms with Gasteiger partial charge < -0.3 is 11.1 Å². The Bertz CT molecular complexity index is 1970. The van der Waals surface area contributed by atoms with Crippen molar-refractivity contribution in [1.29, 1.82) is 0 Å². The van der Waals surface area contributed by atoms with Crippen LogP contribution in [0.15, 0.2) is 134 Å². The lowest BCUT2D eigenvalue weighted by Crippen LogP contribution is -2.13. The van der Waals surface area contributed by atoms with Gasteiger partial charge in [0, 0.05) is 44.9 Å². The molecule has 0 aliphatic rings. The molecule has 47 heavy (non-hydrogen) atoms. The number of aromatic nitrogens is 2. The van der Waals surface area contributed by atoms with Crippen LogP contribution in [0, 0.1) is 0 Å². The van der Waals surface area contributed by atoms with Crippen LogP contribution in [0.2, 0.25) is 20.4 Å². The van der Waals surface area contributed by atoms with Gasteiger partial charge in [-0.2, -0.15) is 0 Å². The van der Waals surface area contributed by atoms with Crippen LogP contribution in [0.5, 0.6) is 0 Å². The van der Waals surface area contributed by atoms with Crippen molar-refractivity contribution in [3.05, 3.63) is 165 Å². The quantitative estimate of drug-likeness (QED) is 0.105. The van der Waals surface area contributed by atoms with Crippen molar-refractivity contribution in [2.45, 2.75) is 0 Å². The smallest absolute Gasteiger partial charge is 0.258 e.